The molecule has 0 aromatic carbocycles. The van der Waals surface area contributed by atoms with Crippen molar-refractivity contribution in [3.05, 3.63) is 36.4 Å². The van der Waals surface area contributed by atoms with Gasteiger partial charge in [-0.15, -0.1) is 0 Å². The van der Waals surface area contributed by atoms with Crippen LogP contribution in [0.25, 0.3) is 5.52 Å². The van der Waals surface area contributed by atoms with Crippen LogP contribution in [-0.2, 0) is 11.3 Å². The molecule has 1 saturated heterocycles. The van der Waals surface area contributed by atoms with E-state index >= 15 is 0 Å². The molecule has 6 heteroatoms. The average Bonchev–Trinajstić information content (AvgIpc) is 2.96. The van der Waals surface area contributed by atoms with E-state index in [1.165, 1.54) is 4.90 Å². The van der Waals surface area contributed by atoms with Gasteiger partial charge in [0, 0.05) is 12.7 Å². The topological polar surface area (TPSA) is 57.9 Å². The Morgan fingerprint density at radius 3 is 2.67 bits per heavy atom. The second-order valence-corrected chi connectivity index (χ2v) is 5.74. The third-order valence-corrected chi connectivity index (χ3v) is 4.03. The van der Waals surface area contributed by atoms with Gasteiger partial charge in [0.2, 0.25) is 0 Å². The van der Waals surface area contributed by atoms with Gasteiger partial charge in [0.1, 0.15) is 5.54 Å². The first-order valence-electron chi connectivity index (χ1n) is 6.99. The van der Waals surface area contributed by atoms with Crippen molar-refractivity contribution in [3.63, 3.8) is 0 Å². The van der Waals surface area contributed by atoms with Crippen LogP contribution in [0, 0.1) is 0 Å². The van der Waals surface area contributed by atoms with Crippen LogP contribution in [-0.4, -0.2) is 43.2 Å². The van der Waals surface area contributed by atoms with Gasteiger partial charge in [0.05, 0.1) is 24.6 Å². The summed E-state index contributed by atoms with van der Waals surface area (Å²) in [6.07, 6.45) is 5.36. The molecule has 0 N–H and O–H groups in total. The van der Waals surface area contributed by atoms with Gasteiger partial charge in [-0.05, 0) is 32.4 Å². The normalized spacial score (nSPS) is 18.0. The van der Waals surface area contributed by atoms with Gasteiger partial charge in [-0.2, -0.15) is 0 Å². The smallest absolute Gasteiger partial charge is 0.310 e. The Hall–Kier alpha value is -2.37. The second-order valence-electron chi connectivity index (χ2n) is 5.74. The molecular formula is C15H18N4O2. The Balaban J connectivity index is 1.90. The lowest BCUT2D eigenvalue weighted by Gasteiger charge is -2.25. The number of amides is 3. The van der Waals surface area contributed by atoms with Crippen molar-refractivity contribution < 1.29 is 9.59 Å². The van der Waals surface area contributed by atoms with Crippen molar-refractivity contribution in [2.45, 2.75) is 32.9 Å². The van der Waals surface area contributed by atoms with E-state index in [9.17, 15) is 9.59 Å². The number of aromatic nitrogens is 2. The van der Waals surface area contributed by atoms with Crippen LogP contribution in [0.5, 0.6) is 0 Å². The van der Waals surface area contributed by atoms with Crippen molar-refractivity contribution in [1.82, 2.24) is 19.2 Å². The summed E-state index contributed by atoms with van der Waals surface area (Å²) in [5, 5.41) is 0. The molecule has 0 saturated carbocycles. The van der Waals surface area contributed by atoms with Gasteiger partial charge in [0.15, 0.2) is 0 Å². The van der Waals surface area contributed by atoms with E-state index in [4.69, 9.17) is 0 Å². The molecule has 0 aliphatic carbocycles. The summed E-state index contributed by atoms with van der Waals surface area (Å²) in [6, 6.07) is 3.62. The number of fused-ring (bicyclic) bond motifs is 1. The Morgan fingerprint density at radius 1 is 1.24 bits per heavy atom. The fourth-order valence-electron chi connectivity index (χ4n) is 2.83. The van der Waals surface area contributed by atoms with Crippen LogP contribution in [0.1, 0.15) is 26.3 Å². The Labute approximate surface area is 123 Å². The van der Waals surface area contributed by atoms with Crippen molar-refractivity contribution >= 4 is 17.5 Å². The molecule has 0 radical (unpaired) electrons. The number of imidazole rings is 1. The maximum atomic E-state index is 12.5. The van der Waals surface area contributed by atoms with Gasteiger partial charge in [-0.25, -0.2) is 9.78 Å². The number of hydrogen-bond acceptors (Lipinski definition) is 3. The zero-order valence-electron chi connectivity index (χ0n) is 12.4. The molecule has 2 aromatic heterocycles. The van der Waals surface area contributed by atoms with Crippen molar-refractivity contribution in [2.24, 2.45) is 0 Å². The van der Waals surface area contributed by atoms with E-state index in [1.807, 2.05) is 29.7 Å². The van der Waals surface area contributed by atoms with E-state index < -0.39 is 5.54 Å². The predicted octanol–water partition coefficient (Wildman–Crippen LogP) is 1.90. The molecule has 1 aliphatic heterocycles. The molecule has 110 valence electrons. The number of carbonyl (C=O) groups is 2. The standard InChI is InChI=1S/C15H18N4O2/c1-4-19-14(21)18(13(20)15(19,2)3)9-11-5-6-12-7-16-10-17(12)8-11/h5-8,10H,4,9H2,1-3H3. The Bertz CT molecular complexity index is 719. The minimum absolute atomic E-state index is 0.153. The van der Waals surface area contributed by atoms with Crippen LogP contribution in [0.3, 0.4) is 0 Å². The van der Waals surface area contributed by atoms with Gasteiger partial charge in [0.25, 0.3) is 5.91 Å². The summed E-state index contributed by atoms with van der Waals surface area (Å²) < 4.78 is 1.88. The predicted molar refractivity (Wildman–Crippen MR) is 77.6 cm³/mol. The van der Waals surface area contributed by atoms with E-state index in [2.05, 4.69) is 4.98 Å². The highest BCUT2D eigenvalue weighted by Gasteiger charge is 2.50. The van der Waals surface area contributed by atoms with Gasteiger partial charge >= 0.3 is 6.03 Å². The summed E-state index contributed by atoms with van der Waals surface area (Å²) in [6.45, 7) is 6.26. The molecule has 21 heavy (non-hydrogen) atoms. The molecule has 2 aromatic rings. The Kier molecular flexibility index (Phi) is 2.97. The number of carbonyl (C=O) groups excluding carboxylic acids is 2. The summed E-state index contributed by atoms with van der Waals surface area (Å²) >= 11 is 0. The van der Waals surface area contributed by atoms with Crippen molar-refractivity contribution in [2.75, 3.05) is 6.54 Å². The number of imide groups is 1. The lowest BCUT2D eigenvalue weighted by Crippen LogP contribution is -2.43. The minimum atomic E-state index is -0.773. The zero-order chi connectivity index (χ0) is 15.2. The van der Waals surface area contributed by atoms with Crippen LogP contribution < -0.4 is 0 Å². The zero-order valence-corrected chi connectivity index (χ0v) is 12.4. The first-order valence-corrected chi connectivity index (χ1v) is 6.99. The quantitative estimate of drug-likeness (QED) is 0.810. The van der Waals surface area contributed by atoms with Crippen LogP contribution in [0.2, 0.25) is 0 Å². The summed E-state index contributed by atoms with van der Waals surface area (Å²) in [4.78, 5) is 31.8. The third kappa shape index (κ3) is 1.98. The average molecular weight is 286 g/mol. The second kappa shape index (κ2) is 4.58. The third-order valence-electron chi connectivity index (χ3n) is 4.03. The summed E-state index contributed by atoms with van der Waals surface area (Å²) in [5.74, 6) is -0.153. The molecule has 3 rings (SSSR count). The lowest BCUT2D eigenvalue weighted by molar-refractivity contribution is -0.132. The number of hydrogen-bond donors (Lipinski definition) is 0. The SMILES string of the molecule is CCN1C(=O)N(Cc2ccc3cncn3c2)C(=O)C1(C)C. The lowest BCUT2D eigenvalue weighted by atomic mass is 10.0. The number of rotatable bonds is 3. The van der Waals surface area contributed by atoms with E-state index in [0.717, 1.165) is 11.1 Å². The number of urea groups is 1. The minimum Gasteiger partial charge on any atom is -0.310 e. The maximum Gasteiger partial charge on any atom is 0.327 e. The van der Waals surface area contributed by atoms with Gasteiger partial charge in [-0.1, -0.05) is 6.07 Å². The van der Waals surface area contributed by atoms with Crippen LogP contribution >= 0.6 is 0 Å². The van der Waals surface area contributed by atoms with E-state index in [1.54, 1.807) is 31.3 Å². The molecule has 1 fully saturated rings. The molecule has 0 unspecified atom stereocenters. The van der Waals surface area contributed by atoms with Crippen LogP contribution in [0.4, 0.5) is 4.79 Å². The summed E-state index contributed by atoms with van der Waals surface area (Å²) in [7, 11) is 0. The first kappa shape index (κ1) is 13.6. The number of pyridine rings is 1. The number of nitrogens with zero attached hydrogens (tertiary/aromatic N) is 4. The Morgan fingerprint density at radius 2 is 2.00 bits per heavy atom. The highest BCUT2D eigenvalue weighted by molar-refractivity contribution is 6.06. The fraction of sp³-hybridized carbons (Fsp3) is 0.400. The number of likely N-dealkylation sites (N-methyl/N-ethyl adjacent to an activating group) is 1. The molecule has 0 spiro atoms. The molecule has 1 aliphatic rings. The molecular weight excluding hydrogens is 268 g/mol. The molecule has 3 amide bonds. The van der Waals surface area contributed by atoms with Crippen LogP contribution in [0.15, 0.2) is 30.9 Å². The highest BCUT2D eigenvalue weighted by Crippen LogP contribution is 2.28. The monoisotopic (exact) mass is 286 g/mol. The summed E-state index contributed by atoms with van der Waals surface area (Å²) in [5.41, 5.74) is 1.11. The van der Waals surface area contributed by atoms with Gasteiger partial charge in [-0.3, -0.25) is 9.69 Å². The largest absolute Gasteiger partial charge is 0.327 e. The molecule has 6 nitrogen and oxygen atoms in total. The fourth-order valence-corrected chi connectivity index (χ4v) is 2.83. The van der Waals surface area contributed by atoms with E-state index in [-0.39, 0.29) is 18.5 Å². The van der Waals surface area contributed by atoms with Crippen molar-refractivity contribution in [1.29, 1.82) is 0 Å². The highest BCUT2D eigenvalue weighted by atomic mass is 16.2. The maximum absolute atomic E-state index is 12.5. The van der Waals surface area contributed by atoms with Crippen molar-refractivity contribution in [3.8, 4) is 0 Å². The molecule has 0 atom stereocenters. The van der Waals surface area contributed by atoms with Gasteiger partial charge < -0.3 is 9.30 Å². The molecule has 0 bridgehead atoms. The first-order chi connectivity index (χ1) is 9.95. The molecule has 3 heterocycles. The van der Waals surface area contributed by atoms with E-state index in [0.29, 0.717) is 6.54 Å².